The maximum absolute atomic E-state index is 6.08. The van der Waals surface area contributed by atoms with E-state index < -0.39 is 0 Å². The summed E-state index contributed by atoms with van der Waals surface area (Å²) in [5.74, 6) is 0.828. The average molecular weight is 345 g/mol. The van der Waals surface area contributed by atoms with Crippen molar-refractivity contribution in [2.75, 3.05) is 11.9 Å². The summed E-state index contributed by atoms with van der Waals surface area (Å²) in [7, 11) is 0. The number of benzene rings is 2. The molecule has 0 saturated carbocycles. The quantitative estimate of drug-likeness (QED) is 0.624. The number of hydrogen-bond donors (Lipinski definition) is 1. The van der Waals surface area contributed by atoms with Gasteiger partial charge < -0.3 is 10.1 Å². The average Bonchev–Trinajstić information content (AvgIpc) is 3.01. The lowest BCUT2D eigenvalue weighted by molar-refractivity contribution is 0.342. The first-order valence-electron chi connectivity index (χ1n) is 7.38. The second-order valence-electron chi connectivity index (χ2n) is 5.06. The molecule has 3 aromatic rings. The molecule has 1 N–H and O–H groups in total. The molecule has 0 aliphatic heterocycles. The van der Waals surface area contributed by atoms with Crippen LogP contribution in [0.2, 0.25) is 5.02 Å². The van der Waals surface area contributed by atoms with Gasteiger partial charge in [-0.05, 0) is 43.7 Å². The Bertz CT molecular complexity index is 816. The van der Waals surface area contributed by atoms with Crippen molar-refractivity contribution in [1.29, 1.82) is 0 Å². The van der Waals surface area contributed by atoms with Crippen molar-refractivity contribution in [2.45, 2.75) is 13.8 Å². The number of aryl methyl sites for hydroxylation is 1. The number of hydrogen-bond acceptors (Lipinski definition) is 4. The zero-order chi connectivity index (χ0) is 16.2. The highest BCUT2D eigenvalue weighted by Gasteiger charge is 2.08. The smallest absolute Gasteiger partial charge is 0.187 e. The summed E-state index contributed by atoms with van der Waals surface area (Å²) < 4.78 is 5.63. The summed E-state index contributed by atoms with van der Waals surface area (Å²) in [6.07, 6.45) is 0. The third kappa shape index (κ3) is 3.66. The van der Waals surface area contributed by atoms with Gasteiger partial charge in [0.25, 0.3) is 0 Å². The van der Waals surface area contributed by atoms with Crippen LogP contribution < -0.4 is 10.1 Å². The SMILES string of the molecule is CCOc1ccccc1Nc1nc(-c2ccc(Cl)c(C)c2)cs1. The molecule has 0 spiro atoms. The van der Waals surface area contributed by atoms with Crippen molar-refractivity contribution in [3.05, 3.63) is 58.4 Å². The van der Waals surface area contributed by atoms with Crippen molar-refractivity contribution < 1.29 is 4.74 Å². The normalized spacial score (nSPS) is 10.6. The molecule has 0 aliphatic carbocycles. The standard InChI is InChI=1S/C18H17ClN2OS/c1-3-22-17-7-5-4-6-15(17)20-18-21-16(11-23-18)13-8-9-14(19)12(2)10-13/h4-11H,3H2,1-2H3,(H,20,21). The zero-order valence-electron chi connectivity index (χ0n) is 13.0. The van der Waals surface area contributed by atoms with E-state index >= 15 is 0 Å². The van der Waals surface area contributed by atoms with Crippen LogP contribution in [0.15, 0.2) is 47.8 Å². The van der Waals surface area contributed by atoms with Crippen LogP contribution in [0, 0.1) is 6.92 Å². The van der Waals surface area contributed by atoms with Crippen LogP contribution in [0.25, 0.3) is 11.3 Å². The molecule has 0 atom stereocenters. The molecular formula is C18H17ClN2OS. The molecule has 1 heterocycles. The van der Waals surface area contributed by atoms with Gasteiger partial charge in [0.15, 0.2) is 5.13 Å². The van der Waals surface area contributed by atoms with Gasteiger partial charge in [-0.3, -0.25) is 0 Å². The first-order valence-corrected chi connectivity index (χ1v) is 8.64. The molecule has 23 heavy (non-hydrogen) atoms. The molecule has 2 aromatic carbocycles. The van der Waals surface area contributed by atoms with Crippen molar-refractivity contribution in [2.24, 2.45) is 0 Å². The van der Waals surface area contributed by atoms with E-state index in [1.807, 2.05) is 55.6 Å². The Morgan fingerprint density at radius 1 is 1.22 bits per heavy atom. The third-order valence-electron chi connectivity index (χ3n) is 3.39. The topological polar surface area (TPSA) is 34.1 Å². The zero-order valence-corrected chi connectivity index (χ0v) is 14.5. The second-order valence-corrected chi connectivity index (χ2v) is 6.32. The minimum absolute atomic E-state index is 0.631. The first kappa shape index (κ1) is 15.8. The Kier molecular flexibility index (Phi) is 4.84. The Morgan fingerprint density at radius 2 is 2.04 bits per heavy atom. The van der Waals surface area contributed by atoms with Crippen molar-refractivity contribution >= 4 is 33.8 Å². The van der Waals surface area contributed by atoms with Gasteiger partial charge in [-0.1, -0.05) is 29.8 Å². The summed E-state index contributed by atoms with van der Waals surface area (Å²) >= 11 is 7.65. The lowest BCUT2D eigenvalue weighted by Crippen LogP contribution is -1.97. The predicted octanol–water partition coefficient (Wildman–Crippen LogP) is 5.91. The number of rotatable bonds is 5. The molecule has 0 aliphatic rings. The van der Waals surface area contributed by atoms with Gasteiger partial charge in [0.05, 0.1) is 18.0 Å². The number of ether oxygens (including phenoxy) is 1. The highest BCUT2D eigenvalue weighted by atomic mass is 35.5. The van der Waals surface area contributed by atoms with Crippen LogP contribution in [0.1, 0.15) is 12.5 Å². The highest BCUT2D eigenvalue weighted by molar-refractivity contribution is 7.14. The number of nitrogens with zero attached hydrogens (tertiary/aromatic N) is 1. The molecule has 0 unspecified atom stereocenters. The number of anilines is 2. The van der Waals surface area contributed by atoms with Gasteiger partial charge >= 0.3 is 0 Å². The van der Waals surface area contributed by atoms with Crippen LogP contribution in [0.4, 0.5) is 10.8 Å². The van der Waals surface area contributed by atoms with Crippen LogP contribution in [-0.4, -0.2) is 11.6 Å². The molecule has 1 aromatic heterocycles. The van der Waals surface area contributed by atoms with Gasteiger partial charge in [-0.2, -0.15) is 0 Å². The Balaban J connectivity index is 1.84. The lowest BCUT2D eigenvalue weighted by atomic mass is 10.1. The van der Waals surface area contributed by atoms with Crippen molar-refractivity contribution in [3.8, 4) is 17.0 Å². The Morgan fingerprint density at radius 3 is 2.83 bits per heavy atom. The molecule has 0 amide bonds. The van der Waals surface area contributed by atoms with E-state index in [1.54, 1.807) is 11.3 Å². The van der Waals surface area contributed by atoms with Gasteiger partial charge in [0.2, 0.25) is 0 Å². The predicted molar refractivity (Wildman–Crippen MR) is 98.2 cm³/mol. The van der Waals surface area contributed by atoms with E-state index in [4.69, 9.17) is 16.3 Å². The minimum Gasteiger partial charge on any atom is -0.492 e. The van der Waals surface area contributed by atoms with E-state index in [-0.39, 0.29) is 0 Å². The fraction of sp³-hybridized carbons (Fsp3) is 0.167. The summed E-state index contributed by atoms with van der Waals surface area (Å²) in [6, 6.07) is 13.8. The molecule has 0 fully saturated rings. The van der Waals surface area contributed by atoms with Crippen molar-refractivity contribution in [3.63, 3.8) is 0 Å². The van der Waals surface area contributed by atoms with E-state index in [0.29, 0.717) is 6.61 Å². The first-order chi connectivity index (χ1) is 11.2. The number of thiazole rings is 1. The molecule has 3 nitrogen and oxygen atoms in total. The van der Waals surface area contributed by atoms with Crippen LogP contribution in [0.5, 0.6) is 5.75 Å². The molecule has 0 bridgehead atoms. The number of aromatic nitrogens is 1. The Labute approximate surface area is 144 Å². The molecule has 3 rings (SSSR count). The van der Waals surface area contributed by atoms with Crippen LogP contribution >= 0.6 is 22.9 Å². The van der Waals surface area contributed by atoms with E-state index in [1.165, 1.54) is 0 Å². The van der Waals surface area contributed by atoms with Gasteiger partial charge in [-0.15, -0.1) is 11.3 Å². The third-order valence-corrected chi connectivity index (χ3v) is 4.57. The lowest BCUT2D eigenvalue weighted by Gasteiger charge is -2.10. The largest absolute Gasteiger partial charge is 0.492 e. The summed E-state index contributed by atoms with van der Waals surface area (Å²) in [6.45, 7) is 4.60. The van der Waals surface area contributed by atoms with Crippen LogP contribution in [0.3, 0.4) is 0 Å². The molecule has 118 valence electrons. The maximum atomic E-state index is 6.08. The van der Waals surface area contributed by atoms with Crippen molar-refractivity contribution in [1.82, 2.24) is 4.98 Å². The minimum atomic E-state index is 0.631. The summed E-state index contributed by atoms with van der Waals surface area (Å²) in [5.41, 5.74) is 3.97. The van der Waals surface area contributed by atoms with Gasteiger partial charge in [0, 0.05) is 16.0 Å². The second kappa shape index (κ2) is 7.02. The molecule has 5 heteroatoms. The number of para-hydroxylation sites is 2. The van der Waals surface area contributed by atoms with E-state index in [9.17, 15) is 0 Å². The van der Waals surface area contributed by atoms with Crippen LogP contribution in [-0.2, 0) is 0 Å². The van der Waals surface area contributed by atoms with Gasteiger partial charge in [0.1, 0.15) is 5.75 Å². The fourth-order valence-electron chi connectivity index (χ4n) is 2.23. The molecular weight excluding hydrogens is 328 g/mol. The van der Waals surface area contributed by atoms with Gasteiger partial charge in [-0.25, -0.2) is 4.98 Å². The van der Waals surface area contributed by atoms with E-state index in [0.717, 1.165) is 38.4 Å². The van der Waals surface area contributed by atoms with E-state index in [2.05, 4.69) is 16.4 Å². The summed E-state index contributed by atoms with van der Waals surface area (Å²) in [5, 5.41) is 6.97. The molecule has 0 radical (unpaired) electrons. The highest BCUT2D eigenvalue weighted by Crippen LogP contribution is 2.32. The fourth-order valence-corrected chi connectivity index (χ4v) is 3.08. The maximum Gasteiger partial charge on any atom is 0.187 e. The number of halogens is 1. The Hall–Kier alpha value is -2.04. The summed E-state index contributed by atoms with van der Waals surface area (Å²) in [4.78, 5) is 4.66. The number of nitrogens with one attached hydrogen (secondary N) is 1. The monoisotopic (exact) mass is 344 g/mol. The molecule has 0 saturated heterocycles.